The van der Waals surface area contributed by atoms with Crippen LogP contribution in [0.3, 0.4) is 0 Å². The molecule has 6 rings (SSSR count). The van der Waals surface area contributed by atoms with Crippen molar-refractivity contribution < 1.29 is 30.0 Å². The Hall–Kier alpha value is -3.36. The van der Waals surface area contributed by atoms with Gasteiger partial charge in [-0.1, -0.05) is 126 Å². The maximum Gasteiger partial charge on any atom is 0.162 e. The van der Waals surface area contributed by atoms with Crippen molar-refractivity contribution in [1.29, 1.82) is 5.26 Å². The Morgan fingerprint density at radius 1 is 0.897 bits per heavy atom. The Morgan fingerprint density at radius 2 is 1.48 bits per heavy atom. The maximum atomic E-state index is 11.7. The zero-order valence-electron chi connectivity index (χ0n) is 37.7. The number of aliphatic hydroxyl groups excluding tert-OH is 1. The number of fused-ring (bicyclic) bond motifs is 6. The van der Waals surface area contributed by atoms with Gasteiger partial charge in [-0.2, -0.15) is 5.26 Å². The Bertz CT molecular complexity index is 2350. The van der Waals surface area contributed by atoms with E-state index in [4.69, 9.17) is 4.98 Å². The van der Waals surface area contributed by atoms with Crippen LogP contribution in [0.4, 0.5) is 0 Å². The fourth-order valence-corrected chi connectivity index (χ4v) is 10.6. The monoisotopic (exact) mass is 976 g/mol. The number of nitrogens with zero attached hydrogens (tertiary/aromatic N) is 2. The van der Waals surface area contributed by atoms with Gasteiger partial charge in [0.05, 0.1) is 11.3 Å². The van der Waals surface area contributed by atoms with Crippen LogP contribution in [0.25, 0.3) is 42.2 Å². The van der Waals surface area contributed by atoms with Crippen LogP contribution in [-0.2, 0) is 47.6 Å². The molecule has 5 aromatic rings. The van der Waals surface area contributed by atoms with Crippen LogP contribution in [0, 0.1) is 34.6 Å². The summed E-state index contributed by atoms with van der Waals surface area (Å²) < 4.78 is 2.43. The molecule has 0 saturated heterocycles. The number of pyridine rings is 1. The molecule has 1 aliphatic rings. The van der Waals surface area contributed by atoms with Crippen molar-refractivity contribution in [3.63, 3.8) is 0 Å². The van der Waals surface area contributed by atoms with Crippen LogP contribution >= 0.6 is 11.3 Å². The molecule has 2 aromatic heterocycles. The fraction of sp³-hybridized carbons (Fsp3) is 0.519. The molecular formula is C52H67IrN2O2S-. The molecule has 0 spiro atoms. The minimum absolute atomic E-state index is 0. The van der Waals surface area contributed by atoms with Crippen molar-refractivity contribution in [2.75, 3.05) is 0 Å². The van der Waals surface area contributed by atoms with Gasteiger partial charge in [0, 0.05) is 64.7 Å². The number of carbonyl (C=O) groups excluding carboxylic acids is 1. The Labute approximate surface area is 367 Å². The molecule has 313 valence electrons. The Morgan fingerprint density at radius 3 is 2.03 bits per heavy atom. The number of nitriles is 1. The van der Waals surface area contributed by atoms with E-state index in [0.717, 1.165) is 82.6 Å². The number of aromatic nitrogens is 1. The van der Waals surface area contributed by atoms with Gasteiger partial charge in [0.15, 0.2) is 5.78 Å². The first-order valence-electron chi connectivity index (χ1n) is 21.3. The van der Waals surface area contributed by atoms with E-state index in [1.807, 2.05) is 45.2 Å². The molecule has 0 unspecified atom stereocenters. The maximum absolute atomic E-state index is 11.7. The largest absolute Gasteiger partial charge is 0.512 e. The molecule has 0 saturated carbocycles. The van der Waals surface area contributed by atoms with Crippen LogP contribution < -0.4 is 0 Å². The van der Waals surface area contributed by atoms with E-state index in [0.29, 0.717) is 0 Å². The minimum Gasteiger partial charge on any atom is -0.512 e. The normalized spacial score (nSPS) is 15.3. The molecule has 0 bridgehead atoms. The second-order valence-corrected chi connectivity index (χ2v) is 21.0. The van der Waals surface area contributed by atoms with Crippen molar-refractivity contribution >= 4 is 48.1 Å². The summed E-state index contributed by atoms with van der Waals surface area (Å²) in [7, 11) is 0. The third kappa shape index (κ3) is 9.49. The first kappa shape index (κ1) is 47.3. The minimum atomic E-state index is -0.0258. The topological polar surface area (TPSA) is 74.0 Å². The number of hydrogen-bond donors (Lipinski definition) is 1. The molecule has 0 fully saturated rings. The van der Waals surface area contributed by atoms with E-state index < -0.39 is 0 Å². The summed E-state index contributed by atoms with van der Waals surface area (Å²) in [6.07, 6.45) is 9.98. The van der Waals surface area contributed by atoms with Crippen molar-refractivity contribution in [2.24, 2.45) is 17.3 Å². The molecule has 1 N–H and O–H groups in total. The predicted octanol–water partition coefficient (Wildman–Crippen LogP) is 15.0. The zero-order chi connectivity index (χ0) is 42.2. The van der Waals surface area contributed by atoms with Gasteiger partial charge in [-0.25, -0.2) is 0 Å². The molecule has 4 nitrogen and oxygen atoms in total. The van der Waals surface area contributed by atoms with Crippen LogP contribution in [0.1, 0.15) is 163 Å². The number of aliphatic hydroxyl groups is 1. The zero-order valence-corrected chi connectivity index (χ0v) is 40.9. The van der Waals surface area contributed by atoms with E-state index in [1.54, 1.807) is 0 Å². The van der Waals surface area contributed by atoms with Gasteiger partial charge in [0.2, 0.25) is 0 Å². The van der Waals surface area contributed by atoms with E-state index in [9.17, 15) is 15.2 Å². The summed E-state index contributed by atoms with van der Waals surface area (Å²) in [5.41, 5.74) is 8.37. The summed E-state index contributed by atoms with van der Waals surface area (Å²) in [4.78, 5) is 16.7. The van der Waals surface area contributed by atoms with Gasteiger partial charge in [0.25, 0.3) is 0 Å². The van der Waals surface area contributed by atoms with E-state index >= 15 is 0 Å². The second-order valence-electron chi connectivity index (χ2n) is 20.0. The molecule has 1 aliphatic carbocycles. The molecule has 58 heavy (non-hydrogen) atoms. The van der Waals surface area contributed by atoms with Gasteiger partial charge in [-0.15, -0.1) is 40.5 Å². The summed E-state index contributed by atoms with van der Waals surface area (Å²) >= 11 is 1.84. The molecule has 1 radical (unpaired) electrons. The van der Waals surface area contributed by atoms with E-state index in [-0.39, 0.29) is 65.1 Å². The van der Waals surface area contributed by atoms with Crippen LogP contribution in [0.2, 0.25) is 0 Å². The van der Waals surface area contributed by atoms with Crippen LogP contribution in [0.15, 0.2) is 54.4 Å². The second kappa shape index (κ2) is 18.1. The van der Waals surface area contributed by atoms with Gasteiger partial charge < -0.3 is 5.11 Å². The molecule has 0 amide bonds. The third-order valence-corrected chi connectivity index (χ3v) is 13.6. The smallest absolute Gasteiger partial charge is 0.162 e. The van der Waals surface area contributed by atoms with E-state index in [2.05, 4.69) is 118 Å². The van der Waals surface area contributed by atoms with Gasteiger partial charge >= 0.3 is 0 Å². The number of ketones is 1. The van der Waals surface area contributed by atoms with Crippen LogP contribution in [-0.4, -0.2) is 15.9 Å². The quantitative estimate of drug-likeness (QED) is 0.0907. The molecule has 0 atom stereocenters. The number of hydrogen-bond acceptors (Lipinski definition) is 5. The van der Waals surface area contributed by atoms with Gasteiger partial charge in [-0.05, 0) is 94.7 Å². The number of thiophene rings is 1. The molecule has 3 aromatic carbocycles. The first-order valence-corrected chi connectivity index (χ1v) is 22.2. The Balaban J connectivity index is 0.000000398. The predicted molar refractivity (Wildman–Crippen MR) is 245 cm³/mol. The average Bonchev–Trinajstić information content (AvgIpc) is 3.52. The van der Waals surface area contributed by atoms with E-state index in [1.165, 1.54) is 38.4 Å². The SMILES string of the molecule is CC(C)(C)Cc1c2c(c3sc4c(-c5[c-]c6ccccc6c(C(C)(C)C)c5)nccc4c3c1C#N)C(C)(C)CCC2(C)C.CCC(CC)C(=O)/C=C(\O)C(CC)CC.[Ir]. The summed E-state index contributed by atoms with van der Waals surface area (Å²) in [5.74, 6) is 0.547. The molecule has 2 heterocycles. The van der Waals surface area contributed by atoms with Crippen molar-refractivity contribution in [3.05, 3.63) is 88.3 Å². The van der Waals surface area contributed by atoms with Crippen LogP contribution in [0.5, 0.6) is 0 Å². The molecule has 6 heteroatoms. The number of allylic oxidation sites excluding steroid dienone is 2. The van der Waals surface area contributed by atoms with Crippen molar-refractivity contribution in [3.8, 4) is 17.3 Å². The van der Waals surface area contributed by atoms with Gasteiger partial charge in [0.1, 0.15) is 6.07 Å². The Kier molecular flexibility index (Phi) is 14.8. The molecule has 0 aliphatic heterocycles. The average molecular weight is 976 g/mol. The number of benzene rings is 3. The van der Waals surface area contributed by atoms with Crippen molar-refractivity contribution in [1.82, 2.24) is 4.98 Å². The standard InChI is InChI=1S/C39H43N2S.C13H24O2.Ir/c1-36(2,3)21-27-28(22-40)30-26-15-18-41-33(24-19-23-13-11-12-14-25(23)29(20-24)37(4,5)6)34(26)42-35(30)32-31(27)38(7,8)16-17-39(32,9)10;1-5-10(6-2)12(14)9-13(15)11(7-3)8-4;/h11-15,18,20H,16-17,21H2,1-10H3;9-11,14H,5-8H2,1-4H3;/q-1;;/b;12-9-;. The first-order chi connectivity index (χ1) is 26.6. The summed E-state index contributed by atoms with van der Waals surface area (Å²) in [5, 5.41) is 25.2. The fourth-order valence-electron chi connectivity index (χ4n) is 9.04. The van der Waals surface area contributed by atoms with Crippen molar-refractivity contribution in [2.45, 2.75) is 158 Å². The molecular weight excluding hydrogens is 909 g/mol. The number of carbonyl (C=O) groups is 1. The third-order valence-electron chi connectivity index (χ3n) is 12.4. The number of rotatable bonds is 9. The summed E-state index contributed by atoms with van der Waals surface area (Å²) in [6.45, 7) is 31.4. The van der Waals surface area contributed by atoms with Gasteiger partial charge in [-0.3, -0.25) is 9.78 Å². The summed E-state index contributed by atoms with van der Waals surface area (Å²) in [6, 6.07) is 19.5.